The zero-order valence-electron chi connectivity index (χ0n) is 9.35. The van der Waals surface area contributed by atoms with Crippen molar-refractivity contribution in [2.45, 2.75) is 38.5 Å². The van der Waals surface area contributed by atoms with Crippen molar-refractivity contribution in [3.05, 3.63) is 12.2 Å². The van der Waals surface area contributed by atoms with Crippen LogP contribution in [0.1, 0.15) is 38.5 Å². The molecule has 0 aromatic carbocycles. The zero-order valence-corrected chi connectivity index (χ0v) is 9.35. The van der Waals surface area contributed by atoms with E-state index in [9.17, 15) is 9.59 Å². The van der Waals surface area contributed by atoms with Gasteiger partial charge in [0.2, 0.25) is 0 Å². The molecule has 1 rings (SSSR count). The van der Waals surface area contributed by atoms with Gasteiger partial charge in [-0.15, -0.1) is 0 Å². The molecule has 1 N–H and O–H groups in total. The molecule has 1 fully saturated rings. The number of hydrogen-bond acceptors (Lipinski definition) is 3. The summed E-state index contributed by atoms with van der Waals surface area (Å²) in [5, 5.41) is 8.30. The Hall–Kier alpha value is -1.32. The van der Waals surface area contributed by atoms with Crippen LogP contribution in [0.2, 0.25) is 0 Å². The molecule has 1 aliphatic rings. The molecule has 4 nitrogen and oxygen atoms in total. The monoisotopic (exact) mass is 226 g/mol. The van der Waals surface area contributed by atoms with Crippen LogP contribution in [0.25, 0.3) is 0 Å². The Balaban J connectivity index is 2.09. The molecule has 0 radical (unpaired) electrons. The predicted octanol–water partition coefficient (Wildman–Crippen LogP) is 2.14. The minimum absolute atomic E-state index is 0.396. The largest absolute Gasteiger partial charge is 0.478 e. The van der Waals surface area contributed by atoms with Gasteiger partial charge in [-0.2, -0.15) is 0 Å². The van der Waals surface area contributed by atoms with Crippen molar-refractivity contribution < 1.29 is 19.4 Å². The molecule has 0 atom stereocenters. The Labute approximate surface area is 95.3 Å². The molecule has 16 heavy (non-hydrogen) atoms. The van der Waals surface area contributed by atoms with Crippen LogP contribution in [-0.2, 0) is 14.3 Å². The fraction of sp³-hybridized carbons (Fsp3) is 0.667. The number of carbonyl (C=O) groups is 2. The van der Waals surface area contributed by atoms with Crippen LogP contribution in [0.3, 0.4) is 0 Å². The number of carboxylic acids is 1. The van der Waals surface area contributed by atoms with E-state index in [1.165, 1.54) is 32.1 Å². The summed E-state index contributed by atoms with van der Waals surface area (Å²) in [6.07, 6.45) is 8.95. The summed E-state index contributed by atoms with van der Waals surface area (Å²) < 4.78 is 4.91. The topological polar surface area (TPSA) is 63.6 Å². The molecule has 0 aromatic rings. The van der Waals surface area contributed by atoms with E-state index in [0.717, 1.165) is 18.6 Å². The Morgan fingerprint density at radius 3 is 2.50 bits per heavy atom. The number of carboxylic acid groups (broad SMARTS) is 1. The highest BCUT2D eigenvalue weighted by Crippen LogP contribution is 2.25. The summed E-state index contributed by atoms with van der Waals surface area (Å²) in [5.41, 5.74) is 0. The summed E-state index contributed by atoms with van der Waals surface area (Å²) in [4.78, 5) is 21.1. The maximum atomic E-state index is 11.0. The molecule has 4 heteroatoms. The predicted molar refractivity (Wildman–Crippen MR) is 58.9 cm³/mol. The van der Waals surface area contributed by atoms with Gasteiger partial charge >= 0.3 is 11.9 Å². The molecule has 0 spiro atoms. The molecule has 0 aromatic heterocycles. The Morgan fingerprint density at radius 2 is 1.88 bits per heavy atom. The molecular formula is C12H18O4. The Morgan fingerprint density at radius 1 is 1.19 bits per heavy atom. The van der Waals surface area contributed by atoms with Crippen molar-refractivity contribution >= 4 is 11.9 Å². The van der Waals surface area contributed by atoms with Crippen LogP contribution in [-0.4, -0.2) is 23.7 Å². The van der Waals surface area contributed by atoms with Crippen LogP contribution >= 0.6 is 0 Å². The van der Waals surface area contributed by atoms with Gasteiger partial charge in [-0.25, -0.2) is 9.59 Å². The zero-order chi connectivity index (χ0) is 11.8. The normalized spacial score (nSPS) is 17.5. The summed E-state index contributed by atoms with van der Waals surface area (Å²) in [5.74, 6) is -1.03. The highest BCUT2D eigenvalue weighted by atomic mass is 16.5. The van der Waals surface area contributed by atoms with Crippen molar-refractivity contribution in [1.29, 1.82) is 0 Å². The van der Waals surface area contributed by atoms with Crippen molar-refractivity contribution in [3.63, 3.8) is 0 Å². The van der Waals surface area contributed by atoms with Crippen LogP contribution in [0.15, 0.2) is 12.2 Å². The van der Waals surface area contributed by atoms with Crippen molar-refractivity contribution in [3.8, 4) is 0 Å². The van der Waals surface area contributed by atoms with Crippen molar-refractivity contribution in [2.24, 2.45) is 5.92 Å². The molecule has 1 saturated carbocycles. The average Bonchev–Trinajstić information content (AvgIpc) is 2.28. The minimum Gasteiger partial charge on any atom is -0.478 e. The van der Waals surface area contributed by atoms with E-state index in [0.29, 0.717) is 12.5 Å². The van der Waals surface area contributed by atoms with Gasteiger partial charge in [-0.05, 0) is 12.3 Å². The second kappa shape index (κ2) is 7.04. The second-order valence-corrected chi connectivity index (χ2v) is 4.13. The number of aliphatic carboxylic acids is 1. The Bertz CT molecular complexity index is 264. The quantitative estimate of drug-likeness (QED) is 0.576. The first-order valence-corrected chi connectivity index (χ1v) is 5.76. The van der Waals surface area contributed by atoms with E-state index in [2.05, 4.69) is 0 Å². The summed E-state index contributed by atoms with van der Waals surface area (Å²) in [7, 11) is 0. The van der Waals surface area contributed by atoms with Crippen LogP contribution in [0, 0.1) is 5.92 Å². The number of ether oxygens (including phenoxy) is 1. The van der Waals surface area contributed by atoms with E-state index in [1.807, 2.05) is 0 Å². The lowest BCUT2D eigenvalue weighted by molar-refractivity contribution is -0.139. The van der Waals surface area contributed by atoms with Crippen molar-refractivity contribution in [2.75, 3.05) is 6.61 Å². The second-order valence-electron chi connectivity index (χ2n) is 4.13. The van der Waals surface area contributed by atoms with Crippen LogP contribution in [0.4, 0.5) is 0 Å². The van der Waals surface area contributed by atoms with E-state index >= 15 is 0 Å². The van der Waals surface area contributed by atoms with Gasteiger partial charge in [-0.3, -0.25) is 0 Å². The van der Waals surface area contributed by atoms with E-state index < -0.39 is 11.9 Å². The molecule has 0 aliphatic heterocycles. The first-order chi connectivity index (χ1) is 7.68. The van der Waals surface area contributed by atoms with E-state index in [-0.39, 0.29) is 0 Å². The highest BCUT2D eigenvalue weighted by molar-refractivity contribution is 5.90. The van der Waals surface area contributed by atoms with Crippen LogP contribution < -0.4 is 0 Å². The number of esters is 1. The van der Waals surface area contributed by atoms with Gasteiger partial charge in [0.25, 0.3) is 0 Å². The van der Waals surface area contributed by atoms with Gasteiger partial charge in [0.15, 0.2) is 0 Å². The third kappa shape index (κ3) is 5.53. The van der Waals surface area contributed by atoms with E-state index in [4.69, 9.17) is 9.84 Å². The van der Waals surface area contributed by atoms with E-state index in [1.54, 1.807) is 0 Å². The lowest BCUT2D eigenvalue weighted by atomic mass is 9.87. The molecule has 0 saturated heterocycles. The lowest BCUT2D eigenvalue weighted by Crippen LogP contribution is -2.11. The third-order valence-corrected chi connectivity index (χ3v) is 2.86. The van der Waals surface area contributed by atoms with Crippen LogP contribution in [0.5, 0.6) is 0 Å². The fourth-order valence-corrected chi connectivity index (χ4v) is 1.99. The fourth-order valence-electron chi connectivity index (χ4n) is 1.99. The minimum atomic E-state index is -1.13. The number of carbonyl (C=O) groups excluding carboxylic acids is 1. The molecule has 90 valence electrons. The SMILES string of the molecule is O=C(O)/C=C/C(=O)OCCC1CCCCC1. The first-order valence-electron chi connectivity index (χ1n) is 5.76. The summed E-state index contributed by atoms with van der Waals surface area (Å²) >= 11 is 0. The average molecular weight is 226 g/mol. The summed E-state index contributed by atoms with van der Waals surface area (Å²) in [6, 6.07) is 0. The smallest absolute Gasteiger partial charge is 0.331 e. The van der Waals surface area contributed by atoms with Crippen molar-refractivity contribution in [1.82, 2.24) is 0 Å². The third-order valence-electron chi connectivity index (χ3n) is 2.86. The Kier molecular flexibility index (Phi) is 5.61. The van der Waals surface area contributed by atoms with Gasteiger partial charge in [-0.1, -0.05) is 32.1 Å². The standard InChI is InChI=1S/C12H18O4/c13-11(14)6-7-12(15)16-9-8-10-4-2-1-3-5-10/h6-7,10H,1-5,8-9H2,(H,13,14)/b7-6+. The van der Waals surface area contributed by atoms with Gasteiger partial charge in [0, 0.05) is 12.2 Å². The van der Waals surface area contributed by atoms with Gasteiger partial charge in [0.1, 0.15) is 0 Å². The summed E-state index contributed by atoms with van der Waals surface area (Å²) in [6.45, 7) is 0.396. The lowest BCUT2D eigenvalue weighted by Gasteiger charge is -2.20. The molecule has 0 heterocycles. The highest BCUT2D eigenvalue weighted by Gasteiger charge is 2.13. The van der Waals surface area contributed by atoms with Gasteiger partial charge in [0.05, 0.1) is 6.61 Å². The first kappa shape index (κ1) is 12.7. The maximum absolute atomic E-state index is 11.0. The maximum Gasteiger partial charge on any atom is 0.331 e. The van der Waals surface area contributed by atoms with Gasteiger partial charge < -0.3 is 9.84 Å². The molecule has 0 amide bonds. The molecule has 1 aliphatic carbocycles. The number of hydrogen-bond donors (Lipinski definition) is 1. The number of rotatable bonds is 5. The molecular weight excluding hydrogens is 208 g/mol. The molecule has 0 bridgehead atoms. The molecule has 0 unspecified atom stereocenters.